The fourth-order valence-electron chi connectivity index (χ4n) is 2.19. The van der Waals surface area contributed by atoms with E-state index < -0.39 is 36.9 Å². The van der Waals surface area contributed by atoms with Crippen molar-refractivity contribution in [3.8, 4) is 0 Å². The number of nitrogens with one attached hydrogen (secondary N) is 2. The van der Waals surface area contributed by atoms with Crippen molar-refractivity contribution < 1.29 is 29.4 Å². The zero-order valence-corrected chi connectivity index (χ0v) is 13.0. The third kappa shape index (κ3) is 4.75. The summed E-state index contributed by atoms with van der Waals surface area (Å²) < 4.78 is 5.22. The summed E-state index contributed by atoms with van der Waals surface area (Å²) >= 11 is 0. The van der Waals surface area contributed by atoms with E-state index in [4.69, 9.17) is 14.7 Å². The molecule has 4 N–H and O–H groups in total. The Morgan fingerprint density at radius 1 is 1.38 bits per heavy atom. The Morgan fingerprint density at radius 2 is 2.08 bits per heavy atom. The van der Waals surface area contributed by atoms with E-state index in [1.807, 2.05) is 0 Å². The standard InChI is InChI=1S/C15H19N3O6/c1-9(20)16-13-11(8-23-12(7-19)14(13)21)18-24-15(22)17-10-5-3-2-4-6-10/h2-6,12-14,19,21H,7-8H2,1H3,(H,16,20)(H,17,22)/b18-11+/t12-,13-,14-/m1/s1. The molecule has 1 fully saturated rings. The average molecular weight is 337 g/mol. The molecule has 0 radical (unpaired) electrons. The van der Waals surface area contributed by atoms with E-state index in [1.165, 1.54) is 6.92 Å². The van der Waals surface area contributed by atoms with Crippen molar-refractivity contribution in [1.29, 1.82) is 0 Å². The summed E-state index contributed by atoms with van der Waals surface area (Å²) in [6.07, 6.45) is -2.90. The smallest absolute Gasteiger partial charge is 0.394 e. The summed E-state index contributed by atoms with van der Waals surface area (Å²) in [4.78, 5) is 27.7. The molecule has 0 aromatic heterocycles. The van der Waals surface area contributed by atoms with Crippen LogP contribution in [0.1, 0.15) is 6.92 Å². The van der Waals surface area contributed by atoms with Gasteiger partial charge in [-0.3, -0.25) is 14.9 Å². The molecule has 1 saturated heterocycles. The van der Waals surface area contributed by atoms with Crippen molar-refractivity contribution in [3.05, 3.63) is 30.3 Å². The fourth-order valence-corrected chi connectivity index (χ4v) is 2.19. The quantitative estimate of drug-likeness (QED) is 0.446. The number of carbonyl (C=O) groups is 2. The predicted octanol–water partition coefficient (Wildman–Crippen LogP) is -0.152. The molecule has 24 heavy (non-hydrogen) atoms. The Hall–Kier alpha value is -2.49. The number of nitrogens with zero attached hydrogens (tertiary/aromatic N) is 1. The fraction of sp³-hybridized carbons (Fsp3) is 0.400. The second-order valence-electron chi connectivity index (χ2n) is 5.15. The first-order valence-electron chi connectivity index (χ1n) is 7.28. The highest BCUT2D eigenvalue weighted by atomic mass is 16.7. The number of ether oxygens (including phenoxy) is 1. The maximum atomic E-state index is 11.7. The number of hydrogen-bond acceptors (Lipinski definition) is 7. The van der Waals surface area contributed by atoms with Crippen molar-refractivity contribution >= 4 is 23.4 Å². The molecule has 0 unspecified atom stereocenters. The van der Waals surface area contributed by atoms with Crippen LogP contribution in [-0.4, -0.2) is 59.4 Å². The minimum atomic E-state index is -1.22. The van der Waals surface area contributed by atoms with Crippen molar-refractivity contribution in [2.45, 2.75) is 25.2 Å². The number of amides is 2. The van der Waals surface area contributed by atoms with Crippen molar-refractivity contribution in [2.75, 3.05) is 18.5 Å². The second kappa shape index (κ2) is 8.39. The van der Waals surface area contributed by atoms with Crippen LogP contribution in [0.15, 0.2) is 35.5 Å². The lowest BCUT2D eigenvalue weighted by molar-refractivity contribution is -0.122. The van der Waals surface area contributed by atoms with Crippen LogP contribution < -0.4 is 10.6 Å². The molecule has 3 atom stereocenters. The molecular formula is C15H19N3O6. The van der Waals surface area contributed by atoms with Gasteiger partial charge in [0.15, 0.2) is 0 Å². The average Bonchev–Trinajstić information content (AvgIpc) is 2.56. The topological polar surface area (TPSA) is 129 Å². The summed E-state index contributed by atoms with van der Waals surface area (Å²) in [6, 6.07) is 7.72. The monoisotopic (exact) mass is 337 g/mol. The summed E-state index contributed by atoms with van der Waals surface area (Å²) in [5.74, 6) is -0.404. The van der Waals surface area contributed by atoms with Crippen LogP contribution in [0.3, 0.4) is 0 Å². The van der Waals surface area contributed by atoms with Crippen molar-refractivity contribution in [2.24, 2.45) is 5.16 Å². The number of para-hydroxylation sites is 1. The van der Waals surface area contributed by atoms with E-state index in [-0.39, 0.29) is 12.3 Å². The van der Waals surface area contributed by atoms with Crippen molar-refractivity contribution in [1.82, 2.24) is 5.32 Å². The maximum Gasteiger partial charge on any atom is 0.437 e. The molecule has 2 rings (SSSR count). The molecule has 9 heteroatoms. The number of carbonyl (C=O) groups excluding carboxylic acids is 2. The molecule has 0 bridgehead atoms. The highest BCUT2D eigenvalue weighted by Gasteiger charge is 2.38. The second-order valence-corrected chi connectivity index (χ2v) is 5.15. The van der Waals surface area contributed by atoms with Gasteiger partial charge in [-0.2, -0.15) is 0 Å². The minimum Gasteiger partial charge on any atom is -0.394 e. The van der Waals surface area contributed by atoms with E-state index in [0.29, 0.717) is 5.69 Å². The van der Waals surface area contributed by atoms with Crippen LogP contribution in [0.4, 0.5) is 10.5 Å². The summed E-state index contributed by atoms with van der Waals surface area (Å²) in [7, 11) is 0. The van der Waals surface area contributed by atoms with Gasteiger partial charge >= 0.3 is 6.09 Å². The van der Waals surface area contributed by atoms with E-state index in [2.05, 4.69) is 15.8 Å². The van der Waals surface area contributed by atoms with Gasteiger partial charge in [-0.05, 0) is 12.1 Å². The molecule has 2 amide bonds. The Labute approximate surface area is 138 Å². The molecule has 130 valence electrons. The number of rotatable bonds is 4. The SMILES string of the molecule is CC(=O)N[C@@H]1/C(=N/OC(=O)Nc2ccccc2)CO[C@H](CO)[C@H]1O. The van der Waals surface area contributed by atoms with Crippen LogP contribution in [0.2, 0.25) is 0 Å². The molecule has 1 heterocycles. The van der Waals surface area contributed by atoms with Gasteiger partial charge in [0.1, 0.15) is 24.0 Å². The Kier molecular flexibility index (Phi) is 6.24. The lowest BCUT2D eigenvalue weighted by Crippen LogP contribution is -2.59. The van der Waals surface area contributed by atoms with Gasteiger partial charge in [0.2, 0.25) is 5.91 Å². The van der Waals surface area contributed by atoms with Crippen LogP contribution in [0.5, 0.6) is 0 Å². The number of hydrogen-bond donors (Lipinski definition) is 4. The molecule has 1 aromatic rings. The van der Waals surface area contributed by atoms with Crippen LogP contribution in [-0.2, 0) is 14.4 Å². The zero-order chi connectivity index (χ0) is 17.5. The highest BCUT2D eigenvalue weighted by Crippen LogP contribution is 2.14. The Morgan fingerprint density at radius 3 is 2.71 bits per heavy atom. The number of aliphatic hydroxyl groups is 2. The Bertz CT molecular complexity index is 606. The molecule has 1 aliphatic rings. The lowest BCUT2D eigenvalue weighted by atomic mass is 9.98. The zero-order valence-electron chi connectivity index (χ0n) is 13.0. The molecule has 0 aliphatic carbocycles. The molecule has 0 saturated carbocycles. The van der Waals surface area contributed by atoms with Gasteiger partial charge in [0.25, 0.3) is 0 Å². The number of aliphatic hydroxyl groups excluding tert-OH is 2. The first kappa shape index (κ1) is 17.9. The molecule has 1 aliphatic heterocycles. The third-order valence-electron chi connectivity index (χ3n) is 3.33. The summed E-state index contributed by atoms with van der Waals surface area (Å²) in [5.41, 5.74) is 0.659. The van der Waals surface area contributed by atoms with Gasteiger partial charge in [0.05, 0.1) is 13.2 Å². The minimum absolute atomic E-state index is 0.105. The van der Waals surface area contributed by atoms with Gasteiger partial charge in [0, 0.05) is 12.6 Å². The lowest BCUT2D eigenvalue weighted by Gasteiger charge is -2.34. The molecule has 9 nitrogen and oxygen atoms in total. The van der Waals surface area contributed by atoms with E-state index in [9.17, 15) is 14.7 Å². The maximum absolute atomic E-state index is 11.7. The van der Waals surface area contributed by atoms with Crippen molar-refractivity contribution in [3.63, 3.8) is 0 Å². The van der Waals surface area contributed by atoms with Gasteiger partial charge in [-0.15, -0.1) is 0 Å². The number of oxime groups is 1. The van der Waals surface area contributed by atoms with Gasteiger partial charge < -0.3 is 20.3 Å². The number of anilines is 1. The first-order chi connectivity index (χ1) is 11.5. The van der Waals surface area contributed by atoms with Crippen LogP contribution >= 0.6 is 0 Å². The Balaban J connectivity index is 2.02. The van der Waals surface area contributed by atoms with Gasteiger partial charge in [-0.25, -0.2) is 4.79 Å². The van der Waals surface area contributed by atoms with Gasteiger partial charge in [-0.1, -0.05) is 23.4 Å². The van der Waals surface area contributed by atoms with E-state index in [0.717, 1.165) is 0 Å². The van der Waals surface area contributed by atoms with E-state index >= 15 is 0 Å². The van der Waals surface area contributed by atoms with Crippen LogP contribution in [0, 0.1) is 0 Å². The normalized spacial score (nSPS) is 25.1. The third-order valence-corrected chi connectivity index (χ3v) is 3.33. The molecular weight excluding hydrogens is 318 g/mol. The highest BCUT2D eigenvalue weighted by molar-refractivity contribution is 5.95. The molecule has 0 spiro atoms. The first-order valence-corrected chi connectivity index (χ1v) is 7.28. The molecule has 1 aromatic carbocycles. The largest absolute Gasteiger partial charge is 0.437 e. The van der Waals surface area contributed by atoms with E-state index in [1.54, 1.807) is 30.3 Å². The summed E-state index contributed by atoms with van der Waals surface area (Å²) in [5, 5.41) is 27.9. The van der Waals surface area contributed by atoms with Crippen LogP contribution in [0.25, 0.3) is 0 Å². The predicted molar refractivity (Wildman–Crippen MR) is 84.4 cm³/mol. The number of benzene rings is 1. The summed E-state index contributed by atoms with van der Waals surface area (Å²) in [6.45, 7) is 0.752.